The van der Waals surface area contributed by atoms with Crippen LogP contribution in [-0.4, -0.2) is 41.5 Å². The Balaban J connectivity index is 1.41. The highest BCUT2D eigenvalue weighted by molar-refractivity contribution is 9.10. The first-order valence-corrected chi connectivity index (χ1v) is 11.0. The largest absolute Gasteiger partial charge is 0.299 e. The molecule has 1 aliphatic carbocycles. The molecule has 2 bridgehead atoms. The van der Waals surface area contributed by atoms with Crippen LogP contribution in [0.25, 0.3) is 0 Å². The Labute approximate surface area is 160 Å². The van der Waals surface area contributed by atoms with E-state index in [0.717, 1.165) is 24.4 Å². The quantitative estimate of drug-likeness (QED) is 0.654. The van der Waals surface area contributed by atoms with Crippen molar-refractivity contribution in [2.45, 2.75) is 57.2 Å². The van der Waals surface area contributed by atoms with Crippen molar-refractivity contribution in [1.82, 2.24) is 9.80 Å². The van der Waals surface area contributed by atoms with Gasteiger partial charge in [0.25, 0.3) is 0 Å². The van der Waals surface area contributed by atoms with Gasteiger partial charge in [-0.1, -0.05) is 46.1 Å². The molecule has 0 N–H and O–H groups in total. The van der Waals surface area contributed by atoms with Crippen LogP contribution in [0.2, 0.25) is 0 Å². The first-order chi connectivity index (χ1) is 12.3. The molecule has 4 atom stereocenters. The lowest BCUT2D eigenvalue weighted by Crippen LogP contribution is -2.58. The fourth-order valence-corrected chi connectivity index (χ4v) is 6.58. The van der Waals surface area contributed by atoms with Crippen LogP contribution < -0.4 is 0 Å². The number of benzene rings is 1. The fourth-order valence-electron chi connectivity index (χ4n) is 6.13. The molecular formula is C22H29BrN2. The van der Waals surface area contributed by atoms with Crippen molar-refractivity contribution in [2.24, 2.45) is 11.8 Å². The molecule has 134 valence electrons. The molecule has 3 aliphatic heterocycles. The SMILES string of the molecule is Brc1cccc(CN2CCCC3=CC4CC(CN5CCCC[C@H]45)[C@@H]32)c1. The summed E-state index contributed by atoms with van der Waals surface area (Å²) in [6, 6.07) is 10.5. The van der Waals surface area contributed by atoms with Gasteiger partial charge < -0.3 is 0 Å². The van der Waals surface area contributed by atoms with Crippen molar-refractivity contribution in [1.29, 1.82) is 0 Å². The number of rotatable bonds is 2. The normalized spacial score (nSPS) is 35.6. The van der Waals surface area contributed by atoms with Crippen molar-refractivity contribution in [3.63, 3.8) is 0 Å². The van der Waals surface area contributed by atoms with Crippen molar-refractivity contribution < 1.29 is 0 Å². The molecule has 1 aromatic rings. The van der Waals surface area contributed by atoms with Gasteiger partial charge in [-0.25, -0.2) is 0 Å². The fraction of sp³-hybridized carbons (Fsp3) is 0.636. The van der Waals surface area contributed by atoms with Gasteiger partial charge in [0.1, 0.15) is 0 Å². The Hall–Kier alpha value is -0.640. The molecule has 0 saturated carbocycles. The van der Waals surface area contributed by atoms with Crippen LogP contribution >= 0.6 is 15.9 Å². The second-order valence-corrected chi connectivity index (χ2v) is 9.52. The number of piperidine rings is 3. The lowest BCUT2D eigenvalue weighted by Gasteiger charge is -2.54. The molecule has 0 amide bonds. The van der Waals surface area contributed by atoms with Gasteiger partial charge in [0.2, 0.25) is 0 Å². The highest BCUT2D eigenvalue weighted by Crippen LogP contribution is 2.45. The van der Waals surface area contributed by atoms with Gasteiger partial charge in [-0.2, -0.15) is 0 Å². The zero-order valence-electron chi connectivity index (χ0n) is 15.0. The van der Waals surface area contributed by atoms with Gasteiger partial charge in [0, 0.05) is 29.6 Å². The predicted molar refractivity (Wildman–Crippen MR) is 106 cm³/mol. The van der Waals surface area contributed by atoms with Crippen LogP contribution in [0.4, 0.5) is 0 Å². The summed E-state index contributed by atoms with van der Waals surface area (Å²) in [5, 5.41) is 0. The van der Waals surface area contributed by atoms with E-state index in [1.807, 2.05) is 0 Å². The van der Waals surface area contributed by atoms with Gasteiger partial charge >= 0.3 is 0 Å². The zero-order valence-corrected chi connectivity index (χ0v) is 16.6. The van der Waals surface area contributed by atoms with E-state index in [4.69, 9.17) is 0 Å². The number of nitrogens with zero attached hydrogens (tertiary/aromatic N) is 2. The molecule has 0 radical (unpaired) electrons. The van der Waals surface area contributed by atoms with E-state index < -0.39 is 0 Å². The highest BCUT2D eigenvalue weighted by Gasteiger charge is 2.45. The minimum atomic E-state index is 0.701. The average molecular weight is 401 g/mol. The van der Waals surface area contributed by atoms with Gasteiger partial charge in [-0.3, -0.25) is 9.80 Å². The number of halogens is 1. The summed E-state index contributed by atoms with van der Waals surface area (Å²) in [5.41, 5.74) is 3.23. The number of likely N-dealkylation sites (tertiary alicyclic amines) is 1. The molecule has 3 saturated heterocycles. The Morgan fingerprint density at radius 2 is 2.08 bits per heavy atom. The van der Waals surface area contributed by atoms with Crippen molar-refractivity contribution in [3.05, 3.63) is 46.0 Å². The molecule has 0 spiro atoms. The summed E-state index contributed by atoms with van der Waals surface area (Å²) < 4.78 is 1.20. The summed E-state index contributed by atoms with van der Waals surface area (Å²) in [6.07, 6.45) is 11.2. The summed E-state index contributed by atoms with van der Waals surface area (Å²) in [6.45, 7) is 5.06. The third-order valence-corrected chi connectivity index (χ3v) is 7.53. The molecule has 1 aromatic carbocycles. The smallest absolute Gasteiger partial charge is 0.0351 e. The number of fused-ring (bicyclic) bond motifs is 6. The monoisotopic (exact) mass is 400 g/mol. The minimum Gasteiger partial charge on any atom is -0.299 e. The number of hydrogen-bond donors (Lipinski definition) is 0. The second-order valence-electron chi connectivity index (χ2n) is 8.61. The van der Waals surface area contributed by atoms with Crippen LogP contribution in [-0.2, 0) is 6.54 Å². The number of hydrogen-bond acceptors (Lipinski definition) is 2. The molecule has 3 fully saturated rings. The lowest BCUT2D eigenvalue weighted by molar-refractivity contribution is -0.00264. The molecule has 2 unspecified atom stereocenters. The van der Waals surface area contributed by atoms with Crippen molar-refractivity contribution >= 4 is 15.9 Å². The van der Waals surface area contributed by atoms with Gasteiger partial charge in [-0.05, 0) is 74.7 Å². The Bertz CT molecular complexity index is 670. The highest BCUT2D eigenvalue weighted by atomic mass is 79.9. The van der Waals surface area contributed by atoms with E-state index in [0.29, 0.717) is 6.04 Å². The third kappa shape index (κ3) is 3.13. The third-order valence-electron chi connectivity index (χ3n) is 7.04. The topological polar surface area (TPSA) is 6.48 Å². The summed E-state index contributed by atoms with van der Waals surface area (Å²) >= 11 is 3.64. The van der Waals surface area contributed by atoms with Crippen LogP contribution in [0.3, 0.4) is 0 Å². The van der Waals surface area contributed by atoms with Crippen LogP contribution in [0.5, 0.6) is 0 Å². The summed E-state index contributed by atoms with van der Waals surface area (Å²) in [7, 11) is 0. The lowest BCUT2D eigenvalue weighted by atomic mass is 9.68. The maximum absolute atomic E-state index is 3.64. The molecule has 0 aromatic heterocycles. The van der Waals surface area contributed by atoms with E-state index in [9.17, 15) is 0 Å². The molecule has 4 aliphatic rings. The first kappa shape index (κ1) is 16.5. The van der Waals surface area contributed by atoms with E-state index in [1.165, 1.54) is 68.2 Å². The molecule has 25 heavy (non-hydrogen) atoms. The molecular weight excluding hydrogens is 372 g/mol. The molecule has 3 heteroatoms. The maximum atomic E-state index is 3.64. The van der Waals surface area contributed by atoms with Gasteiger partial charge in [-0.15, -0.1) is 0 Å². The average Bonchev–Trinajstić information content (AvgIpc) is 2.62. The maximum Gasteiger partial charge on any atom is 0.0351 e. The van der Waals surface area contributed by atoms with Crippen molar-refractivity contribution in [3.8, 4) is 0 Å². The van der Waals surface area contributed by atoms with E-state index in [-0.39, 0.29) is 0 Å². The summed E-state index contributed by atoms with van der Waals surface area (Å²) in [4.78, 5) is 5.64. The van der Waals surface area contributed by atoms with E-state index >= 15 is 0 Å². The molecule has 2 nitrogen and oxygen atoms in total. The Kier molecular flexibility index (Phi) is 4.51. The Morgan fingerprint density at radius 1 is 1.12 bits per heavy atom. The first-order valence-electron chi connectivity index (χ1n) is 10.2. The van der Waals surface area contributed by atoms with E-state index in [2.05, 4.69) is 56.1 Å². The van der Waals surface area contributed by atoms with Crippen molar-refractivity contribution in [2.75, 3.05) is 19.6 Å². The van der Waals surface area contributed by atoms with Crippen LogP contribution in [0.15, 0.2) is 40.4 Å². The van der Waals surface area contributed by atoms with Crippen LogP contribution in [0, 0.1) is 11.8 Å². The van der Waals surface area contributed by atoms with Gasteiger partial charge in [0.05, 0.1) is 0 Å². The second kappa shape index (κ2) is 6.83. The molecule has 3 heterocycles. The van der Waals surface area contributed by atoms with Crippen LogP contribution in [0.1, 0.15) is 44.1 Å². The van der Waals surface area contributed by atoms with Gasteiger partial charge in [0.15, 0.2) is 0 Å². The predicted octanol–water partition coefficient (Wildman–Crippen LogP) is 4.84. The minimum absolute atomic E-state index is 0.701. The standard InChI is InChI=1S/C22H29BrN2/c23-20-7-3-5-16(11-20)14-25-10-4-6-17-12-18-13-19(22(17)25)15-24-9-2-1-8-21(18)24/h3,5,7,11-12,18-19,21-22H,1-2,4,6,8-10,13-15H2/t18?,19?,21-,22-/m1/s1. The zero-order chi connectivity index (χ0) is 16.8. The molecule has 5 rings (SSSR count). The van der Waals surface area contributed by atoms with E-state index in [1.54, 1.807) is 5.57 Å². The Morgan fingerprint density at radius 3 is 3.00 bits per heavy atom. The summed E-state index contributed by atoms with van der Waals surface area (Å²) in [5.74, 6) is 1.70.